The number of benzene rings is 2. The summed E-state index contributed by atoms with van der Waals surface area (Å²) in [5.41, 5.74) is 2.79. The molecule has 3 N–H and O–H groups in total. The molecule has 0 radical (unpaired) electrons. The minimum absolute atomic E-state index is 0.366. The third kappa shape index (κ3) is 4.07. The Hall–Kier alpha value is -3.41. The molecule has 1 heterocycles. The fourth-order valence-corrected chi connectivity index (χ4v) is 2.12. The zero-order chi connectivity index (χ0) is 16.8. The number of carbonyl (C=O) groups is 1. The number of nitrogens with one attached hydrogen (secondary N) is 3. The van der Waals surface area contributed by atoms with Gasteiger partial charge in [0.25, 0.3) is 0 Å². The summed E-state index contributed by atoms with van der Waals surface area (Å²) >= 11 is 0. The minimum atomic E-state index is -0.366. The van der Waals surface area contributed by atoms with E-state index in [2.05, 4.69) is 26.1 Å². The van der Waals surface area contributed by atoms with Crippen molar-refractivity contribution < 1.29 is 4.79 Å². The van der Waals surface area contributed by atoms with Crippen LogP contribution in [0.4, 0.5) is 27.8 Å². The van der Waals surface area contributed by atoms with Gasteiger partial charge in [-0.15, -0.1) is 10.2 Å². The van der Waals surface area contributed by atoms with Crippen LogP contribution in [0.2, 0.25) is 0 Å². The fraction of sp³-hybridized carbons (Fsp3) is 0.0556. The molecule has 0 saturated carbocycles. The van der Waals surface area contributed by atoms with Crippen molar-refractivity contribution in [2.75, 3.05) is 16.0 Å². The number of aryl methyl sites for hydroxylation is 1. The van der Waals surface area contributed by atoms with Crippen molar-refractivity contribution in [2.45, 2.75) is 6.92 Å². The number of amides is 2. The van der Waals surface area contributed by atoms with Crippen molar-refractivity contribution >= 4 is 29.0 Å². The predicted molar refractivity (Wildman–Crippen MR) is 95.6 cm³/mol. The van der Waals surface area contributed by atoms with E-state index in [9.17, 15) is 4.79 Å². The van der Waals surface area contributed by atoms with Gasteiger partial charge in [-0.3, -0.25) is 5.32 Å². The number of rotatable bonds is 4. The van der Waals surface area contributed by atoms with E-state index in [0.717, 1.165) is 11.3 Å². The Morgan fingerprint density at radius 1 is 0.792 bits per heavy atom. The molecule has 0 atom stereocenters. The van der Waals surface area contributed by atoms with Gasteiger partial charge in [-0.25, -0.2) is 4.79 Å². The second kappa shape index (κ2) is 7.23. The molecule has 0 fully saturated rings. The van der Waals surface area contributed by atoms with Gasteiger partial charge in [0, 0.05) is 11.4 Å². The highest BCUT2D eigenvalue weighted by atomic mass is 16.2. The van der Waals surface area contributed by atoms with Crippen molar-refractivity contribution in [3.63, 3.8) is 0 Å². The zero-order valence-electron chi connectivity index (χ0n) is 13.2. The summed E-state index contributed by atoms with van der Waals surface area (Å²) in [6, 6.07) is 20.2. The van der Waals surface area contributed by atoms with Crippen LogP contribution >= 0.6 is 0 Å². The normalized spacial score (nSPS) is 10.0. The Balaban J connectivity index is 1.60. The Kier molecular flexibility index (Phi) is 4.67. The van der Waals surface area contributed by atoms with E-state index in [0.29, 0.717) is 17.3 Å². The third-order valence-corrected chi connectivity index (χ3v) is 3.35. The number of nitrogens with zero attached hydrogens (tertiary/aromatic N) is 2. The van der Waals surface area contributed by atoms with E-state index in [1.165, 1.54) is 0 Å². The second-order valence-corrected chi connectivity index (χ2v) is 5.19. The maximum Gasteiger partial charge on any atom is 0.324 e. The first-order chi connectivity index (χ1) is 11.7. The van der Waals surface area contributed by atoms with Crippen molar-refractivity contribution in [3.05, 3.63) is 72.3 Å². The Morgan fingerprint density at radius 3 is 2.17 bits per heavy atom. The number of carbonyl (C=O) groups excluding carboxylic acids is 1. The van der Waals surface area contributed by atoms with Gasteiger partial charge in [-0.1, -0.05) is 36.4 Å². The smallest absolute Gasteiger partial charge is 0.324 e. The van der Waals surface area contributed by atoms with E-state index in [1.54, 1.807) is 24.3 Å². The topological polar surface area (TPSA) is 78.9 Å². The molecule has 2 amide bonds. The molecule has 3 rings (SSSR count). The lowest BCUT2D eigenvalue weighted by atomic mass is 10.2. The average Bonchev–Trinajstić information content (AvgIpc) is 2.59. The summed E-state index contributed by atoms with van der Waals surface area (Å²) in [4.78, 5) is 11.9. The standard InChI is InChI=1S/C18H17N5O/c1-13-7-5-6-10-15(13)20-16-11-12-17(23-22-16)21-18(24)19-14-8-3-2-4-9-14/h2-12H,1H3,(H,20,22)(H2,19,21,23,24). The van der Waals surface area contributed by atoms with Gasteiger partial charge in [0.2, 0.25) is 0 Å². The molecular weight excluding hydrogens is 302 g/mol. The van der Waals surface area contributed by atoms with Gasteiger partial charge in [0.1, 0.15) is 0 Å². The van der Waals surface area contributed by atoms with Crippen molar-refractivity contribution in [3.8, 4) is 0 Å². The van der Waals surface area contributed by atoms with Crippen LogP contribution < -0.4 is 16.0 Å². The van der Waals surface area contributed by atoms with Crippen LogP contribution in [-0.2, 0) is 0 Å². The number of anilines is 4. The van der Waals surface area contributed by atoms with Gasteiger partial charge in [-0.2, -0.15) is 0 Å². The first kappa shape index (κ1) is 15.5. The minimum Gasteiger partial charge on any atom is -0.339 e. The molecule has 0 saturated heterocycles. The monoisotopic (exact) mass is 319 g/mol. The van der Waals surface area contributed by atoms with Crippen molar-refractivity contribution in [1.29, 1.82) is 0 Å². The molecule has 0 aliphatic rings. The first-order valence-electron chi connectivity index (χ1n) is 7.50. The molecule has 0 aliphatic carbocycles. The Morgan fingerprint density at radius 2 is 1.46 bits per heavy atom. The number of para-hydroxylation sites is 2. The maximum absolute atomic E-state index is 11.9. The summed E-state index contributed by atoms with van der Waals surface area (Å²) in [5, 5.41) is 16.6. The van der Waals surface area contributed by atoms with Crippen LogP contribution in [0.1, 0.15) is 5.56 Å². The number of urea groups is 1. The molecule has 0 spiro atoms. The fourth-order valence-electron chi connectivity index (χ4n) is 2.12. The van der Waals surface area contributed by atoms with Crippen LogP contribution in [0, 0.1) is 6.92 Å². The summed E-state index contributed by atoms with van der Waals surface area (Å²) in [7, 11) is 0. The van der Waals surface area contributed by atoms with E-state index in [1.807, 2.05) is 49.4 Å². The molecule has 2 aromatic carbocycles. The van der Waals surface area contributed by atoms with Gasteiger partial charge < -0.3 is 10.6 Å². The largest absolute Gasteiger partial charge is 0.339 e. The van der Waals surface area contributed by atoms with Crippen LogP contribution in [0.15, 0.2) is 66.7 Å². The van der Waals surface area contributed by atoms with Crippen molar-refractivity contribution in [2.24, 2.45) is 0 Å². The average molecular weight is 319 g/mol. The van der Waals surface area contributed by atoms with Crippen molar-refractivity contribution in [1.82, 2.24) is 10.2 Å². The Bertz CT molecular complexity index is 818. The molecule has 24 heavy (non-hydrogen) atoms. The molecule has 3 aromatic rings. The lowest BCUT2D eigenvalue weighted by Crippen LogP contribution is -2.20. The van der Waals surface area contributed by atoms with E-state index in [4.69, 9.17) is 0 Å². The van der Waals surface area contributed by atoms with E-state index < -0.39 is 0 Å². The van der Waals surface area contributed by atoms with Crippen LogP contribution in [0.3, 0.4) is 0 Å². The number of hydrogen-bond acceptors (Lipinski definition) is 4. The van der Waals surface area contributed by atoms with Gasteiger partial charge >= 0.3 is 6.03 Å². The summed E-state index contributed by atoms with van der Waals surface area (Å²) in [5.74, 6) is 0.983. The molecule has 6 nitrogen and oxygen atoms in total. The number of aromatic nitrogens is 2. The molecule has 0 bridgehead atoms. The molecule has 6 heteroatoms. The highest BCUT2D eigenvalue weighted by molar-refractivity contribution is 5.99. The molecule has 0 aliphatic heterocycles. The predicted octanol–water partition coefficient (Wildman–Crippen LogP) is 4.17. The molecule has 120 valence electrons. The van der Waals surface area contributed by atoms with Crippen LogP contribution in [0.25, 0.3) is 0 Å². The van der Waals surface area contributed by atoms with Crippen LogP contribution in [-0.4, -0.2) is 16.2 Å². The van der Waals surface area contributed by atoms with E-state index in [-0.39, 0.29) is 6.03 Å². The summed E-state index contributed by atoms with van der Waals surface area (Å²) in [6.07, 6.45) is 0. The molecule has 1 aromatic heterocycles. The van der Waals surface area contributed by atoms with Gasteiger partial charge in [-0.05, 0) is 42.8 Å². The first-order valence-corrected chi connectivity index (χ1v) is 7.50. The van der Waals surface area contributed by atoms with Gasteiger partial charge in [0.15, 0.2) is 11.6 Å². The lowest BCUT2D eigenvalue weighted by molar-refractivity contribution is 0.262. The maximum atomic E-state index is 11.9. The quantitative estimate of drug-likeness (QED) is 0.674. The molecular formula is C18H17N5O. The summed E-state index contributed by atoms with van der Waals surface area (Å²) in [6.45, 7) is 2.01. The highest BCUT2D eigenvalue weighted by Gasteiger charge is 2.05. The zero-order valence-corrected chi connectivity index (χ0v) is 13.2. The third-order valence-electron chi connectivity index (χ3n) is 3.35. The summed E-state index contributed by atoms with van der Waals surface area (Å²) < 4.78 is 0. The van der Waals surface area contributed by atoms with E-state index >= 15 is 0 Å². The Labute approximate surface area is 139 Å². The second-order valence-electron chi connectivity index (χ2n) is 5.19. The lowest BCUT2D eigenvalue weighted by Gasteiger charge is -2.09. The highest BCUT2D eigenvalue weighted by Crippen LogP contribution is 2.18. The van der Waals surface area contributed by atoms with Crippen LogP contribution in [0.5, 0.6) is 0 Å². The number of hydrogen-bond donors (Lipinski definition) is 3. The van der Waals surface area contributed by atoms with Gasteiger partial charge in [0.05, 0.1) is 0 Å². The molecule has 0 unspecified atom stereocenters. The SMILES string of the molecule is Cc1ccccc1Nc1ccc(NC(=O)Nc2ccccc2)nn1.